The number of rotatable bonds is 7. The number of hydrogen-bond donors (Lipinski definition) is 1. The predicted octanol–water partition coefficient (Wildman–Crippen LogP) is 5.44. The molecule has 0 amide bonds. The first-order valence-corrected chi connectivity index (χ1v) is 12.1. The van der Waals surface area contributed by atoms with Gasteiger partial charge in [0.2, 0.25) is 0 Å². The van der Waals surface area contributed by atoms with Crippen molar-refractivity contribution in [3.05, 3.63) is 83.0 Å². The average molecular weight is 494 g/mol. The quantitative estimate of drug-likeness (QED) is 0.518. The molecule has 0 bridgehead atoms. The smallest absolute Gasteiger partial charge is 0.315 e. The Kier molecular flexibility index (Phi) is 7.20. The van der Waals surface area contributed by atoms with E-state index in [2.05, 4.69) is 25.7 Å². The van der Waals surface area contributed by atoms with Crippen molar-refractivity contribution in [2.24, 2.45) is 11.3 Å². The van der Waals surface area contributed by atoms with Gasteiger partial charge < -0.3 is 19.5 Å². The largest absolute Gasteiger partial charge is 0.493 e. The first kappa shape index (κ1) is 25.5. The third kappa shape index (κ3) is 5.15. The molecule has 1 aliphatic carbocycles. The van der Waals surface area contributed by atoms with E-state index in [1.807, 2.05) is 6.07 Å². The fourth-order valence-electron chi connectivity index (χ4n) is 5.05. The third-order valence-corrected chi connectivity index (χ3v) is 6.65. The van der Waals surface area contributed by atoms with Crippen LogP contribution in [0.25, 0.3) is 0 Å². The van der Waals surface area contributed by atoms with Crippen LogP contribution >= 0.6 is 0 Å². The van der Waals surface area contributed by atoms with Gasteiger partial charge in [-0.2, -0.15) is 0 Å². The molecule has 190 valence electrons. The lowest BCUT2D eigenvalue weighted by molar-refractivity contribution is -0.147. The minimum Gasteiger partial charge on any atom is -0.493 e. The van der Waals surface area contributed by atoms with Gasteiger partial charge in [0.25, 0.3) is 0 Å². The number of hydrogen-bond acceptors (Lipinski definition) is 6. The van der Waals surface area contributed by atoms with Crippen LogP contribution in [0.5, 0.6) is 11.5 Å². The zero-order valence-corrected chi connectivity index (χ0v) is 21.2. The van der Waals surface area contributed by atoms with Gasteiger partial charge >= 0.3 is 5.97 Å². The second kappa shape index (κ2) is 10.2. The van der Waals surface area contributed by atoms with Gasteiger partial charge in [0, 0.05) is 29.3 Å². The summed E-state index contributed by atoms with van der Waals surface area (Å²) in [6.07, 6.45) is 1.07. The summed E-state index contributed by atoms with van der Waals surface area (Å²) in [5, 5.41) is 3.26. The van der Waals surface area contributed by atoms with Crippen molar-refractivity contribution in [3.8, 4) is 11.5 Å². The molecule has 2 atom stereocenters. The molecule has 2 aliphatic rings. The Balaban J connectivity index is 1.73. The number of methoxy groups -OCH3 is 1. The van der Waals surface area contributed by atoms with Crippen LogP contribution in [0.2, 0.25) is 0 Å². The van der Waals surface area contributed by atoms with Crippen molar-refractivity contribution in [2.75, 3.05) is 13.7 Å². The first-order valence-electron chi connectivity index (χ1n) is 12.1. The number of carbonyl (C=O) groups excluding carboxylic acids is 2. The maximum absolute atomic E-state index is 13.4. The Labute approximate surface area is 211 Å². The summed E-state index contributed by atoms with van der Waals surface area (Å²) >= 11 is 0. The maximum Gasteiger partial charge on any atom is 0.315 e. The molecule has 0 radical (unpaired) electrons. The minimum atomic E-state index is -0.760. The van der Waals surface area contributed by atoms with E-state index in [9.17, 15) is 14.0 Å². The van der Waals surface area contributed by atoms with Crippen molar-refractivity contribution in [2.45, 2.75) is 46.1 Å². The van der Waals surface area contributed by atoms with Crippen LogP contribution in [0.3, 0.4) is 0 Å². The van der Waals surface area contributed by atoms with Gasteiger partial charge in [-0.05, 0) is 54.2 Å². The summed E-state index contributed by atoms with van der Waals surface area (Å²) < 4.78 is 30.1. The molecule has 7 heteroatoms. The number of Topliss-reactive ketones (excluding diaryl/α,β-unsaturated/α-hetero) is 1. The molecule has 2 unspecified atom stereocenters. The fourth-order valence-corrected chi connectivity index (χ4v) is 5.05. The fraction of sp³-hybridized carbons (Fsp3) is 0.379. The molecule has 0 saturated carbocycles. The van der Waals surface area contributed by atoms with Gasteiger partial charge in [-0.15, -0.1) is 0 Å². The summed E-state index contributed by atoms with van der Waals surface area (Å²) in [5.41, 5.74) is 3.27. The van der Waals surface area contributed by atoms with E-state index < -0.39 is 17.8 Å². The molecule has 1 aliphatic heterocycles. The number of ketones is 1. The third-order valence-electron chi connectivity index (χ3n) is 6.65. The molecule has 6 nitrogen and oxygen atoms in total. The summed E-state index contributed by atoms with van der Waals surface area (Å²) in [4.78, 5) is 26.5. The molecular weight excluding hydrogens is 461 g/mol. The van der Waals surface area contributed by atoms with Crippen molar-refractivity contribution in [1.82, 2.24) is 5.32 Å². The standard InChI is InChI=1S/C29H32FNO5/c1-6-35-28(33)25-17(2)31-21-14-29(3,4)15-22(32)27(21)26(25)19-9-12-23(24(13-19)34-5)36-16-18-7-10-20(30)11-8-18/h7-13,25-26,31H,2,6,14-16H2,1,3-5H3. The van der Waals surface area contributed by atoms with Crippen molar-refractivity contribution in [1.29, 1.82) is 0 Å². The molecule has 2 aromatic carbocycles. The molecule has 0 aromatic heterocycles. The van der Waals surface area contributed by atoms with E-state index in [4.69, 9.17) is 14.2 Å². The SMILES string of the molecule is C=C1NC2=C(C(=O)CC(C)(C)C2)C(c2ccc(OCc3ccc(F)cc3)c(OC)c2)C1C(=O)OCC. The van der Waals surface area contributed by atoms with E-state index in [-0.39, 0.29) is 30.2 Å². The monoisotopic (exact) mass is 493 g/mol. The van der Waals surface area contributed by atoms with E-state index in [1.54, 1.807) is 31.2 Å². The average Bonchev–Trinajstić information content (AvgIpc) is 2.82. The zero-order valence-electron chi connectivity index (χ0n) is 21.2. The van der Waals surface area contributed by atoms with Crippen LogP contribution in [0, 0.1) is 17.2 Å². The lowest BCUT2D eigenvalue weighted by atomic mass is 9.66. The number of ether oxygens (including phenoxy) is 3. The van der Waals surface area contributed by atoms with E-state index in [1.165, 1.54) is 19.2 Å². The molecule has 4 rings (SSSR count). The number of halogens is 1. The highest BCUT2D eigenvalue weighted by atomic mass is 19.1. The zero-order chi connectivity index (χ0) is 26.0. The number of benzene rings is 2. The normalized spacial score (nSPS) is 20.9. The maximum atomic E-state index is 13.4. The van der Waals surface area contributed by atoms with E-state index >= 15 is 0 Å². The van der Waals surface area contributed by atoms with E-state index in [0.29, 0.717) is 35.6 Å². The molecule has 1 heterocycles. The minimum absolute atomic E-state index is 0.0103. The number of esters is 1. The Morgan fingerprint density at radius 1 is 1.14 bits per heavy atom. The summed E-state index contributed by atoms with van der Waals surface area (Å²) in [6, 6.07) is 11.5. The van der Waals surface area contributed by atoms with Gasteiger partial charge in [-0.3, -0.25) is 9.59 Å². The predicted molar refractivity (Wildman–Crippen MR) is 134 cm³/mol. The van der Waals surface area contributed by atoms with Gasteiger partial charge in [-0.25, -0.2) is 4.39 Å². The Morgan fingerprint density at radius 2 is 1.86 bits per heavy atom. The Bertz CT molecular complexity index is 1210. The number of allylic oxidation sites excluding steroid dienone is 2. The molecular formula is C29H32FNO5. The van der Waals surface area contributed by atoms with Crippen molar-refractivity contribution >= 4 is 11.8 Å². The van der Waals surface area contributed by atoms with Crippen molar-refractivity contribution < 1.29 is 28.2 Å². The molecule has 0 spiro atoms. The highest BCUT2D eigenvalue weighted by Crippen LogP contribution is 2.49. The second-order valence-electron chi connectivity index (χ2n) is 10.0. The van der Waals surface area contributed by atoms with Gasteiger partial charge in [0.05, 0.1) is 13.7 Å². The second-order valence-corrected chi connectivity index (χ2v) is 10.0. The first-order chi connectivity index (χ1) is 17.1. The van der Waals surface area contributed by atoms with Gasteiger partial charge in [0.1, 0.15) is 18.3 Å². The highest BCUT2D eigenvalue weighted by Gasteiger charge is 2.46. The van der Waals surface area contributed by atoms with Crippen LogP contribution in [0.4, 0.5) is 4.39 Å². The van der Waals surface area contributed by atoms with Crippen LogP contribution in [0.15, 0.2) is 66.0 Å². The van der Waals surface area contributed by atoms with Crippen LogP contribution < -0.4 is 14.8 Å². The van der Waals surface area contributed by atoms with Crippen LogP contribution in [-0.4, -0.2) is 25.5 Å². The van der Waals surface area contributed by atoms with Gasteiger partial charge in [-0.1, -0.05) is 38.6 Å². The Morgan fingerprint density at radius 3 is 2.53 bits per heavy atom. The molecule has 0 saturated heterocycles. The topological polar surface area (TPSA) is 73.9 Å². The summed E-state index contributed by atoms with van der Waals surface area (Å²) in [6.45, 7) is 10.4. The summed E-state index contributed by atoms with van der Waals surface area (Å²) in [5.74, 6) is -1.09. The lowest BCUT2D eigenvalue weighted by Gasteiger charge is -2.42. The molecule has 0 fully saturated rings. The summed E-state index contributed by atoms with van der Waals surface area (Å²) in [7, 11) is 1.53. The molecule has 2 aromatic rings. The van der Waals surface area contributed by atoms with Crippen molar-refractivity contribution in [3.63, 3.8) is 0 Å². The lowest BCUT2D eigenvalue weighted by Crippen LogP contribution is -2.43. The van der Waals surface area contributed by atoms with Crippen LogP contribution in [-0.2, 0) is 20.9 Å². The highest BCUT2D eigenvalue weighted by molar-refractivity contribution is 6.01. The van der Waals surface area contributed by atoms with Gasteiger partial charge in [0.15, 0.2) is 17.3 Å². The number of nitrogens with one attached hydrogen (secondary N) is 1. The Hall–Kier alpha value is -3.61. The number of carbonyl (C=O) groups is 2. The molecule has 36 heavy (non-hydrogen) atoms. The van der Waals surface area contributed by atoms with Crippen LogP contribution in [0.1, 0.15) is 50.7 Å². The molecule has 1 N–H and O–H groups in total. The van der Waals surface area contributed by atoms with E-state index in [0.717, 1.165) is 16.8 Å².